The number of carbonyl (C=O) groups is 3. The lowest BCUT2D eigenvalue weighted by Crippen LogP contribution is -2.55. The highest BCUT2D eigenvalue weighted by molar-refractivity contribution is 7.92. The molecule has 0 saturated carbocycles. The summed E-state index contributed by atoms with van der Waals surface area (Å²) < 4.78 is 31.3. The van der Waals surface area contributed by atoms with E-state index in [4.69, 9.17) is 16.0 Å². The monoisotopic (exact) mass is 705 g/mol. The molecule has 1 atom stereocenters. The van der Waals surface area contributed by atoms with Gasteiger partial charge < -0.3 is 24.4 Å². The molecule has 3 heterocycles. The second-order valence-electron chi connectivity index (χ2n) is 12.3. The Morgan fingerprint density at radius 2 is 1.67 bits per heavy atom. The summed E-state index contributed by atoms with van der Waals surface area (Å²) in [6.07, 6.45) is 2.62. The van der Waals surface area contributed by atoms with Crippen molar-refractivity contribution in [2.24, 2.45) is 0 Å². The molecule has 3 aromatic carbocycles. The summed E-state index contributed by atoms with van der Waals surface area (Å²) >= 11 is 6.09. The topological polar surface area (TPSA) is 149 Å². The van der Waals surface area contributed by atoms with Crippen LogP contribution in [0.5, 0.6) is 0 Å². The second-order valence-corrected chi connectivity index (χ2v) is 14.5. The molecule has 0 bridgehead atoms. The van der Waals surface area contributed by atoms with Gasteiger partial charge in [0.05, 0.1) is 11.6 Å². The highest BCUT2D eigenvalue weighted by Gasteiger charge is 2.31. The molecule has 14 heteroatoms. The van der Waals surface area contributed by atoms with Crippen LogP contribution >= 0.6 is 11.6 Å². The van der Waals surface area contributed by atoms with E-state index >= 15 is 0 Å². The maximum absolute atomic E-state index is 14.0. The van der Waals surface area contributed by atoms with Crippen LogP contribution in [0.4, 0.5) is 11.4 Å². The fraction of sp³-hybridized carbons (Fsp3) is 0.314. The zero-order valence-corrected chi connectivity index (χ0v) is 28.4. The molecule has 2 saturated heterocycles. The Labute approximate surface area is 288 Å². The van der Waals surface area contributed by atoms with E-state index in [-0.39, 0.29) is 40.7 Å². The summed E-state index contributed by atoms with van der Waals surface area (Å²) in [5, 5.41) is 3.41. The normalized spacial score (nSPS) is 15.8. The molecule has 0 spiro atoms. The summed E-state index contributed by atoms with van der Waals surface area (Å²) in [6.45, 7) is 3.26. The molecule has 2 fully saturated rings. The summed E-state index contributed by atoms with van der Waals surface area (Å²) in [7, 11) is -3.57. The van der Waals surface area contributed by atoms with Gasteiger partial charge in [0.25, 0.3) is 5.91 Å². The lowest BCUT2D eigenvalue weighted by atomic mass is 10.0. The zero-order valence-electron chi connectivity index (χ0n) is 26.9. The van der Waals surface area contributed by atoms with Gasteiger partial charge in [0.2, 0.25) is 21.8 Å². The number of fused-ring (bicyclic) bond motifs is 1. The van der Waals surface area contributed by atoms with Crippen molar-refractivity contribution in [3.63, 3.8) is 0 Å². The zero-order chi connectivity index (χ0) is 34.7. The maximum atomic E-state index is 14.0. The van der Waals surface area contributed by atoms with Gasteiger partial charge in [-0.25, -0.2) is 8.42 Å². The number of amides is 3. The number of rotatable bonds is 10. The number of nitrogens with zero attached hydrogens (tertiary/aromatic N) is 3. The fourth-order valence-corrected chi connectivity index (χ4v) is 6.93. The van der Waals surface area contributed by atoms with Gasteiger partial charge in [0.15, 0.2) is 11.2 Å². The molecule has 0 aliphatic carbocycles. The van der Waals surface area contributed by atoms with Gasteiger partial charge in [0.1, 0.15) is 11.6 Å². The number of halogens is 1. The van der Waals surface area contributed by atoms with Crippen LogP contribution in [0.15, 0.2) is 82.0 Å². The number of para-hydroxylation sites is 1. The van der Waals surface area contributed by atoms with Crippen molar-refractivity contribution in [1.29, 1.82) is 0 Å². The number of hydrogen-bond acceptors (Lipinski definition) is 8. The van der Waals surface area contributed by atoms with Crippen molar-refractivity contribution in [3.8, 4) is 0 Å². The Balaban J connectivity index is 1.18. The summed E-state index contributed by atoms with van der Waals surface area (Å²) in [4.78, 5) is 58.6. The first kappa shape index (κ1) is 34.0. The van der Waals surface area contributed by atoms with E-state index in [9.17, 15) is 27.6 Å². The summed E-state index contributed by atoms with van der Waals surface area (Å²) in [5.74, 6) is -1.14. The van der Waals surface area contributed by atoms with Crippen molar-refractivity contribution >= 4 is 61.7 Å². The molecule has 3 amide bonds. The quantitative estimate of drug-likeness (QED) is 0.254. The Bertz CT molecular complexity index is 2060. The van der Waals surface area contributed by atoms with Crippen LogP contribution in [0.2, 0.25) is 5.02 Å². The number of piperazine rings is 1. The number of sulfonamides is 1. The summed E-state index contributed by atoms with van der Waals surface area (Å²) in [6, 6.07) is 19.2. The third-order valence-electron chi connectivity index (χ3n) is 8.67. The highest BCUT2D eigenvalue weighted by atomic mass is 35.5. The predicted octanol–water partition coefficient (Wildman–Crippen LogP) is 3.63. The number of benzene rings is 3. The first-order valence-electron chi connectivity index (χ1n) is 15.9. The highest BCUT2D eigenvalue weighted by Crippen LogP contribution is 2.26. The Hall–Kier alpha value is -4.88. The Morgan fingerprint density at radius 3 is 2.37 bits per heavy atom. The van der Waals surface area contributed by atoms with Crippen LogP contribution in [-0.4, -0.2) is 81.0 Å². The van der Waals surface area contributed by atoms with Crippen LogP contribution in [-0.2, 0) is 32.6 Å². The van der Waals surface area contributed by atoms with Crippen molar-refractivity contribution in [2.75, 3.05) is 48.6 Å². The maximum Gasteiger partial charge on any atom is 0.287 e. The van der Waals surface area contributed by atoms with Gasteiger partial charge in [0, 0.05) is 74.6 Å². The third-order valence-corrected chi connectivity index (χ3v) is 9.53. The molecule has 2 aliphatic heterocycles. The minimum absolute atomic E-state index is 0.0859. The first-order chi connectivity index (χ1) is 23.4. The molecule has 256 valence electrons. The SMILES string of the molecule is CS(=O)(=O)Nc1ccc2oc(C(=O)N[C@@H](Cc3ccc(Cl)cc3)C(=O)N3CCN(c4ccccc4CN4CCCC4=O)CC3)cc(=O)c2c1. The molecule has 2 aliphatic rings. The van der Waals surface area contributed by atoms with Crippen LogP contribution in [0, 0.1) is 0 Å². The van der Waals surface area contributed by atoms with Gasteiger partial charge in [-0.2, -0.15) is 0 Å². The average molecular weight is 706 g/mol. The van der Waals surface area contributed by atoms with Gasteiger partial charge in [-0.1, -0.05) is 41.9 Å². The molecule has 1 aromatic heterocycles. The van der Waals surface area contributed by atoms with E-state index in [1.54, 1.807) is 29.2 Å². The number of hydrogen-bond donors (Lipinski definition) is 2. The first-order valence-corrected chi connectivity index (χ1v) is 18.2. The molecule has 2 N–H and O–H groups in total. The Kier molecular flexibility index (Phi) is 9.93. The minimum Gasteiger partial charge on any atom is -0.451 e. The van der Waals surface area contributed by atoms with Crippen LogP contribution in [0.1, 0.15) is 34.5 Å². The molecule has 0 unspecified atom stereocenters. The van der Waals surface area contributed by atoms with Crippen LogP contribution in [0.3, 0.4) is 0 Å². The largest absolute Gasteiger partial charge is 0.451 e. The summed E-state index contributed by atoms with van der Waals surface area (Å²) in [5.41, 5.74) is 2.59. The second kappa shape index (κ2) is 14.3. The lowest BCUT2D eigenvalue weighted by molar-refractivity contribution is -0.133. The van der Waals surface area contributed by atoms with E-state index in [1.807, 2.05) is 29.2 Å². The van der Waals surface area contributed by atoms with Crippen LogP contribution in [0.25, 0.3) is 11.0 Å². The number of carbonyl (C=O) groups excluding carboxylic acids is 3. The molecule has 4 aromatic rings. The Morgan fingerprint density at radius 1 is 0.939 bits per heavy atom. The predicted molar refractivity (Wildman–Crippen MR) is 187 cm³/mol. The number of likely N-dealkylation sites (tertiary alicyclic amines) is 1. The molecule has 0 radical (unpaired) electrons. The third kappa shape index (κ3) is 8.23. The van der Waals surface area contributed by atoms with E-state index in [0.29, 0.717) is 44.2 Å². The lowest BCUT2D eigenvalue weighted by Gasteiger charge is -2.38. The molecular weight excluding hydrogens is 670 g/mol. The fourth-order valence-electron chi connectivity index (χ4n) is 6.25. The minimum atomic E-state index is -3.57. The number of nitrogens with one attached hydrogen (secondary N) is 2. The molecule has 6 rings (SSSR count). The van der Waals surface area contributed by atoms with Gasteiger partial charge in [-0.15, -0.1) is 0 Å². The van der Waals surface area contributed by atoms with Gasteiger partial charge in [-0.05, 0) is 53.9 Å². The van der Waals surface area contributed by atoms with E-state index in [2.05, 4.69) is 14.9 Å². The van der Waals surface area contributed by atoms with E-state index in [0.717, 1.165) is 42.1 Å². The van der Waals surface area contributed by atoms with Crippen LogP contribution < -0.4 is 20.4 Å². The standard InChI is InChI=1S/C35H36ClN5O7S/c1-49(46,47)38-26-12-13-31-27(20-26)30(42)21-32(48-31)34(44)37-28(19-23-8-10-25(36)11-9-23)35(45)40-17-15-39(16-18-40)29-6-3-2-5-24(29)22-41-14-4-7-33(41)43/h2-3,5-6,8-13,20-21,28,38H,4,7,14-19,22H2,1H3,(H,37,44)/t28-/m0/s1. The van der Waals surface area contributed by atoms with Crippen molar-refractivity contribution in [1.82, 2.24) is 15.1 Å². The molecule has 49 heavy (non-hydrogen) atoms. The van der Waals surface area contributed by atoms with Crippen molar-refractivity contribution in [2.45, 2.75) is 31.8 Å². The van der Waals surface area contributed by atoms with Crippen molar-refractivity contribution < 1.29 is 27.2 Å². The average Bonchev–Trinajstić information content (AvgIpc) is 3.48. The number of anilines is 2. The molecule has 12 nitrogen and oxygen atoms in total. The molecular formula is C35H36ClN5O7S. The van der Waals surface area contributed by atoms with Gasteiger partial charge >= 0.3 is 0 Å². The van der Waals surface area contributed by atoms with Crippen molar-refractivity contribution in [3.05, 3.63) is 105 Å². The van der Waals surface area contributed by atoms with E-state index in [1.165, 1.54) is 18.2 Å². The smallest absolute Gasteiger partial charge is 0.287 e. The van der Waals surface area contributed by atoms with Gasteiger partial charge in [-0.3, -0.25) is 23.9 Å². The van der Waals surface area contributed by atoms with E-state index < -0.39 is 27.4 Å².